The predicted molar refractivity (Wildman–Crippen MR) is 105 cm³/mol. The van der Waals surface area contributed by atoms with E-state index in [1.807, 2.05) is 32.9 Å². The van der Waals surface area contributed by atoms with Crippen LogP contribution >= 0.6 is 0 Å². The van der Waals surface area contributed by atoms with Crippen molar-refractivity contribution in [3.05, 3.63) is 37.0 Å². The summed E-state index contributed by atoms with van der Waals surface area (Å²) < 4.78 is 0. The maximum absolute atomic E-state index is 3.56. The molecular formula is C21H44. The Bertz CT molecular complexity index is 180. The van der Waals surface area contributed by atoms with Crippen LogP contribution < -0.4 is 0 Å². The second-order valence-corrected chi connectivity index (χ2v) is 5.06. The summed E-state index contributed by atoms with van der Waals surface area (Å²) in [6.07, 6.45) is 16.7. The molecule has 0 bridgehead atoms. The number of hydrogen-bond acceptors (Lipinski definition) is 0. The Labute approximate surface area is 137 Å². The van der Waals surface area contributed by atoms with Crippen LogP contribution in [0.2, 0.25) is 0 Å². The molecule has 0 aromatic rings. The highest BCUT2D eigenvalue weighted by Gasteiger charge is 1.80. The van der Waals surface area contributed by atoms with E-state index in [2.05, 4.69) is 40.9 Å². The summed E-state index contributed by atoms with van der Waals surface area (Å²) in [5.74, 6) is 0. The summed E-state index contributed by atoms with van der Waals surface area (Å²) in [5, 5.41) is 0. The summed E-state index contributed by atoms with van der Waals surface area (Å²) in [7, 11) is 0. The Balaban J connectivity index is -0.0000000955. The van der Waals surface area contributed by atoms with Crippen LogP contribution in [0.5, 0.6) is 0 Å². The van der Waals surface area contributed by atoms with Crippen molar-refractivity contribution in [2.45, 2.75) is 99.8 Å². The van der Waals surface area contributed by atoms with Gasteiger partial charge in [0.25, 0.3) is 0 Å². The number of rotatable bonds is 7. The zero-order chi connectivity index (χ0) is 17.4. The van der Waals surface area contributed by atoms with Gasteiger partial charge in [-0.05, 0) is 20.8 Å². The molecule has 0 saturated heterocycles. The summed E-state index contributed by atoms with van der Waals surface area (Å²) in [4.78, 5) is 0. The Morgan fingerprint density at radius 2 is 1.05 bits per heavy atom. The lowest BCUT2D eigenvalue weighted by molar-refractivity contribution is 0.656. The van der Waals surface area contributed by atoms with Crippen LogP contribution in [0.4, 0.5) is 0 Å². The lowest BCUT2D eigenvalue weighted by Gasteiger charge is -1.90. The fourth-order valence-electron chi connectivity index (χ4n) is 1.15. The fourth-order valence-corrected chi connectivity index (χ4v) is 1.15. The summed E-state index contributed by atoms with van der Waals surface area (Å²) >= 11 is 0. The van der Waals surface area contributed by atoms with Gasteiger partial charge in [-0.3, -0.25) is 0 Å². The van der Waals surface area contributed by atoms with Crippen LogP contribution in [-0.4, -0.2) is 0 Å². The first-order valence-corrected chi connectivity index (χ1v) is 8.88. The normalized spacial score (nSPS) is 9.00. The Morgan fingerprint density at radius 3 is 1.14 bits per heavy atom. The molecular weight excluding hydrogens is 252 g/mol. The van der Waals surface area contributed by atoms with Gasteiger partial charge in [0, 0.05) is 0 Å². The van der Waals surface area contributed by atoms with Gasteiger partial charge in [-0.1, -0.05) is 109 Å². The molecule has 0 heteroatoms. The Morgan fingerprint density at radius 1 is 0.714 bits per heavy atom. The Hall–Kier alpha value is -0.780. The van der Waals surface area contributed by atoms with Crippen LogP contribution in [-0.2, 0) is 0 Å². The second kappa shape index (κ2) is 36.5. The van der Waals surface area contributed by atoms with Gasteiger partial charge in [0.2, 0.25) is 0 Å². The van der Waals surface area contributed by atoms with Crippen molar-refractivity contribution in [2.75, 3.05) is 0 Å². The molecule has 0 aromatic carbocycles. The molecule has 0 aromatic heterocycles. The smallest absolute Gasteiger partial charge is 0.0401 e. The minimum absolute atomic E-state index is 1.23. The van der Waals surface area contributed by atoms with Gasteiger partial charge in [0.05, 0.1) is 0 Å². The quantitative estimate of drug-likeness (QED) is 0.251. The summed E-state index contributed by atoms with van der Waals surface area (Å²) in [6.45, 7) is 21.7. The average molecular weight is 297 g/mol. The van der Waals surface area contributed by atoms with Gasteiger partial charge >= 0.3 is 0 Å². The molecule has 0 radical (unpaired) electrons. The maximum Gasteiger partial charge on any atom is -0.0401 e. The molecule has 0 aliphatic rings. The van der Waals surface area contributed by atoms with E-state index in [1.54, 1.807) is 6.08 Å². The summed E-state index contributed by atoms with van der Waals surface area (Å²) in [5.41, 5.74) is 1.23. The molecule has 0 N–H and O–H groups in total. The molecule has 0 unspecified atom stereocenters. The molecule has 128 valence electrons. The molecule has 0 rings (SSSR count). The van der Waals surface area contributed by atoms with Crippen molar-refractivity contribution in [3.63, 3.8) is 0 Å². The van der Waals surface area contributed by atoms with Crippen molar-refractivity contribution in [1.29, 1.82) is 0 Å². The molecule has 0 aliphatic carbocycles. The number of hydrogen-bond donors (Lipinski definition) is 0. The maximum atomic E-state index is 3.56. The predicted octanol–water partition coefficient (Wildman–Crippen LogP) is 8.50. The third-order valence-corrected chi connectivity index (χ3v) is 2.69. The van der Waals surface area contributed by atoms with Gasteiger partial charge in [0.15, 0.2) is 0 Å². The largest absolute Gasteiger partial charge is 0.103 e. The molecule has 0 amide bonds. The first-order chi connectivity index (χ1) is 10.1. The van der Waals surface area contributed by atoms with E-state index >= 15 is 0 Å². The highest BCUT2D eigenvalue weighted by molar-refractivity contribution is 5.10. The lowest BCUT2D eigenvalue weighted by atomic mass is 10.2. The zero-order valence-corrected chi connectivity index (χ0v) is 16.3. The molecule has 21 heavy (non-hydrogen) atoms. The molecule has 0 saturated carbocycles. The van der Waals surface area contributed by atoms with Crippen LogP contribution in [0.1, 0.15) is 99.8 Å². The van der Waals surface area contributed by atoms with Gasteiger partial charge < -0.3 is 0 Å². The molecule has 0 nitrogen and oxygen atoms in total. The van der Waals surface area contributed by atoms with Crippen LogP contribution in [0.3, 0.4) is 0 Å². The minimum Gasteiger partial charge on any atom is -0.103 e. The van der Waals surface area contributed by atoms with E-state index < -0.39 is 0 Å². The van der Waals surface area contributed by atoms with Crippen molar-refractivity contribution in [3.8, 4) is 0 Å². The Kier molecular flexibility index (Phi) is 49.4. The average Bonchev–Trinajstić information content (AvgIpc) is 2.50. The number of unbranched alkanes of at least 4 members (excludes halogenated alkanes) is 6. The number of allylic oxidation sites excluding steroid dienone is 4. The van der Waals surface area contributed by atoms with Gasteiger partial charge in [-0.15, -0.1) is 6.58 Å². The standard InChI is InChI=1S/C7H16.C6H10.C5H12.C3H6/c1-3-5-7-6-4-2;1-4-6(3)5-2;1-3-5-4-2;1-3-2/h3-7H2,1-2H3;4-5H,1H2,2-3H3;3-5H2,1-2H3;3H,1H2,2H3/b;6-5+;;. The van der Waals surface area contributed by atoms with E-state index in [1.165, 1.54) is 56.9 Å². The monoisotopic (exact) mass is 296 g/mol. The highest BCUT2D eigenvalue weighted by Crippen LogP contribution is 2.00. The second-order valence-electron chi connectivity index (χ2n) is 5.06. The zero-order valence-electron chi connectivity index (χ0n) is 16.3. The van der Waals surface area contributed by atoms with Crippen LogP contribution in [0, 0.1) is 0 Å². The molecule has 0 fully saturated rings. The molecule has 0 heterocycles. The van der Waals surface area contributed by atoms with Crippen molar-refractivity contribution >= 4 is 0 Å². The first-order valence-electron chi connectivity index (χ1n) is 8.88. The van der Waals surface area contributed by atoms with E-state index in [-0.39, 0.29) is 0 Å². The van der Waals surface area contributed by atoms with E-state index in [4.69, 9.17) is 0 Å². The minimum atomic E-state index is 1.23. The van der Waals surface area contributed by atoms with E-state index in [9.17, 15) is 0 Å². The van der Waals surface area contributed by atoms with Gasteiger partial charge in [0.1, 0.15) is 0 Å². The lowest BCUT2D eigenvalue weighted by Crippen LogP contribution is -1.70. The molecule has 0 atom stereocenters. The van der Waals surface area contributed by atoms with Gasteiger partial charge in [-0.2, -0.15) is 0 Å². The van der Waals surface area contributed by atoms with Crippen molar-refractivity contribution < 1.29 is 0 Å². The summed E-state index contributed by atoms with van der Waals surface area (Å²) in [6, 6.07) is 0. The van der Waals surface area contributed by atoms with Crippen molar-refractivity contribution in [2.24, 2.45) is 0 Å². The van der Waals surface area contributed by atoms with E-state index in [0.29, 0.717) is 0 Å². The highest BCUT2D eigenvalue weighted by atomic mass is 13.9. The van der Waals surface area contributed by atoms with Crippen LogP contribution in [0.15, 0.2) is 37.0 Å². The third kappa shape index (κ3) is 67.0. The van der Waals surface area contributed by atoms with Gasteiger partial charge in [-0.25, -0.2) is 0 Å². The fraction of sp³-hybridized carbons (Fsp3) is 0.714. The topological polar surface area (TPSA) is 0 Å². The molecule has 0 spiro atoms. The third-order valence-electron chi connectivity index (χ3n) is 2.69. The van der Waals surface area contributed by atoms with Crippen LogP contribution in [0.25, 0.3) is 0 Å². The first kappa shape index (κ1) is 28.4. The van der Waals surface area contributed by atoms with Crippen molar-refractivity contribution in [1.82, 2.24) is 0 Å². The van der Waals surface area contributed by atoms with E-state index in [0.717, 1.165) is 0 Å². The molecule has 0 aliphatic heterocycles. The SMILES string of the molecule is C=C/C(C)=C/C.C=CC.CCCCC.CCCCCCC.